The van der Waals surface area contributed by atoms with Gasteiger partial charge in [0.1, 0.15) is 0 Å². The predicted molar refractivity (Wildman–Crippen MR) is 81.2 cm³/mol. The Morgan fingerprint density at radius 1 is 1.11 bits per heavy atom. The molecule has 1 aromatic rings. The summed E-state index contributed by atoms with van der Waals surface area (Å²) >= 11 is 0. The van der Waals surface area contributed by atoms with E-state index >= 15 is 0 Å². The van der Waals surface area contributed by atoms with Crippen molar-refractivity contribution in [2.45, 2.75) is 58.6 Å². The Bertz CT molecular complexity index is 371. The molecule has 1 aromatic carbocycles. The third-order valence-electron chi connectivity index (χ3n) is 4.46. The summed E-state index contributed by atoms with van der Waals surface area (Å²) in [5.41, 5.74) is 2.16. The van der Waals surface area contributed by atoms with Crippen molar-refractivity contribution < 1.29 is 5.11 Å². The molecule has 0 aromatic heterocycles. The quantitative estimate of drug-likeness (QED) is 0.796. The predicted octanol–water partition coefficient (Wildman–Crippen LogP) is 4.20. The van der Waals surface area contributed by atoms with Gasteiger partial charge in [0.25, 0.3) is 0 Å². The zero-order valence-corrected chi connectivity index (χ0v) is 12.2. The lowest BCUT2D eigenvalue weighted by molar-refractivity contribution is 0.282. The SMILES string of the molecule is CC(C)C1CCCC(Nc2ccc(CO)cc2)CC1. The van der Waals surface area contributed by atoms with E-state index in [1.54, 1.807) is 0 Å². The molecule has 0 bridgehead atoms. The molecule has 2 rings (SSSR count). The van der Waals surface area contributed by atoms with Gasteiger partial charge in [0.2, 0.25) is 0 Å². The van der Waals surface area contributed by atoms with Crippen molar-refractivity contribution in [3.8, 4) is 0 Å². The molecule has 19 heavy (non-hydrogen) atoms. The lowest BCUT2D eigenvalue weighted by Crippen LogP contribution is -2.18. The Hall–Kier alpha value is -1.02. The van der Waals surface area contributed by atoms with E-state index in [0.717, 1.165) is 17.4 Å². The summed E-state index contributed by atoms with van der Waals surface area (Å²) in [6, 6.07) is 8.77. The second kappa shape index (κ2) is 6.95. The summed E-state index contributed by atoms with van der Waals surface area (Å²) in [7, 11) is 0. The summed E-state index contributed by atoms with van der Waals surface area (Å²) < 4.78 is 0. The van der Waals surface area contributed by atoms with Crippen LogP contribution < -0.4 is 5.32 Å². The first-order valence-electron chi connectivity index (χ1n) is 7.65. The van der Waals surface area contributed by atoms with E-state index in [-0.39, 0.29) is 6.61 Å². The zero-order chi connectivity index (χ0) is 13.7. The Labute approximate surface area is 117 Å². The van der Waals surface area contributed by atoms with Gasteiger partial charge in [0, 0.05) is 11.7 Å². The van der Waals surface area contributed by atoms with Gasteiger partial charge in [-0.1, -0.05) is 38.8 Å². The van der Waals surface area contributed by atoms with Crippen LogP contribution in [0.25, 0.3) is 0 Å². The highest BCUT2D eigenvalue weighted by Crippen LogP contribution is 2.30. The van der Waals surface area contributed by atoms with Gasteiger partial charge in [-0.05, 0) is 48.8 Å². The number of rotatable bonds is 4. The minimum absolute atomic E-state index is 0.125. The monoisotopic (exact) mass is 261 g/mol. The maximum Gasteiger partial charge on any atom is 0.0681 e. The van der Waals surface area contributed by atoms with Gasteiger partial charge in [-0.2, -0.15) is 0 Å². The maximum absolute atomic E-state index is 9.05. The fourth-order valence-corrected chi connectivity index (χ4v) is 3.08. The van der Waals surface area contributed by atoms with Crippen LogP contribution in [0.4, 0.5) is 5.69 Å². The summed E-state index contributed by atoms with van der Waals surface area (Å²) in [5.74, 6) is 1.73. The highest BCUT2D eigenvalue weighted by Gasteiger charge is 2.20. The molecule has 2 heteroatoms. The van der Waals surface area contributed by atoms with Crippen LogP contribution in [0.15, 0.2) is 24.3 Å². The van der Waals surface area contributed by atoms with Gasteiger partial charge in [-0.15, -0.1) is 0 Å². The van der Waals surface area contributed by atoms with E-state index in [9.17, 15) is 0 Å². The largest absolute Gasteiger partial charge is 0.392 e. The number of anilines is 1. The molecule has 2 N–H and O–H groups in total. The Kier molecular flexibility index (Phi) is 5.26. The molecular weight excluding hydrogens is 234 g/mol. The van der Waals surface area contributed by atoms with Crippen LogP contribution in [0.2, 0.25) is 0 Å². The molecule has 0 amide bonds. The molecule has 1 aliphatic carbocycles. The molecule has 1 fully saturated rings. The lowest BCUT2D eigenvalue weighted by atomic mass is 9.89. The summed E-state index contributed by atoms with van der Waals surface area (Å²) in [6.45, 7) is 4.83. The van der Waals surface area contributed by atoms with Crippen LogP contribution in [-0.4, -0.2) is 11.1 Å². The van der Waals surface area contributed by atoms with Crippen molar-refractivity contribution in [1.82, 2.24) is 0 Å². The molecule has 0 radical (unpaired) electrons. The topological polar surface area (TPSA) is 32.3 Å². The minimum atomic E-state index is 0.125. The summed E-state index contributed by atoms with van der Waals surface area (Å²) in [5, 5.41) is 12.7. The first-order valence-corrected chi connectivity index (χ1v) is 7.65. The number of hydrogen-bond acceptors (Lipinski definition) is 2. The van der Waals surface area contributed by atoms with Gasteiger partial charge in [0.15, 0.2) is 0 Å². The molecule has 0 spiro atoms. The molecule has 106 valence electrons. The van der Waals surface area contributed by atoms with E-state index in [0.29, 0.717) is 6.04 Å². The van der Waals surface area contributed by atoms with Crippen molar-refractivity contribution >= 4 is 5.69 Å². The second-order valence-electron chi connectivity index (χ2n) is 6.21. The number of aliphatic hydroxyl groups excluding tert-OH is 1. The van der Waals surface area contributed by atoms with E-state index in [1.165, 1.54) is 37.8 Å². The standard InChI is InChI=1S/C17H27NO/c1-13(2)15-4-3-5-16(11-8-15)18-17-9-6-14(12-19)7-10-17/h6-7,9-10,13,15-16,18-19H,3-5,8,11-12H2,1-2H3. The molecule has 0 heterocycles. The summed E-state index contributed by atoms with van der Waals surface area (Å²) in [6.07, 6.45) is 6.65. The van der Waals surface area contributed by atoms with Crippen molar-refractivity contribution in [1.29, 1.82) is 0 Å². The summed E-state index contributed by atoms with van der Waals surface area (Å²) in [4.78, 5) is 0. The molecule has 1 saturated carbocycles. The van der Waals surface area contributed by atoms with E-state index < -0.39 is 0 Å². The van der Waals surface area contributed by atoms with Crippen LogP contribution in [0.3, 0.4) is 0 Å². The average Bonchev–Trinajstić information content (AvgIpc) is 2.65. The van der Waals surface area contributed by atoms with Crippen LogP contribution >= 0.6 is 0 Å². The normalized spacial score (nSPS) is 24.2. The third-order valence-corrected chi connectivity index (χ3v) is 4.46. The fourth-order valence-electron chi connectivity index (χ4n) is 3.08. The van der Waals surface area contributed by atoms with Crippen molar-refractivity contribution in [2.75, 3.05) is 5.32 Å². The molecule has 1 aliphatic rings. The third kappa shape index (κ3) is 4.24. The van der Waals surface area contributed by atoms with Gasteiger partial charge in [-0.25, -0.2) is 0 Å². The number of hydrogen-bond donors (Lipinski definition) is 2. The van der Waals surface area contributed by atoms with Gasteiger partial charge >= 0.3 is 0 Å². The van der Waals surface area contributed by atoms with Gasteiger partial charge in [0.05, 0.1) is 6.61 Å². The minimum Gasteiger partial charge on any atom is -0.392 e. The van der Waals surface area contributed by atoms with E-state index in [2.05, 4.69) is 31.3 Å². The van der Waals surface area contributed by atoms with Crippen LogP contribution in [0.1, 0.15) is 51.5 Å². The average molecular weight is 261 g/mol. The molecule has 0 saturated heterocycles. The Morgan fingerprint density at radius 2 is 1.84 bits per heavy atom. The molecular formula is C17H27NO. The molecule has 2 unspecified atom stereocenters. The first-order chi connectivity index (χ1) is 9.19. The number of nitrogens with one attached hydrogen (secondary N) is 1. The zero-order valence-electron chi connectivity index (χ0n) is 12.2. The van der Waals surface area contributed by atoms with Crippen LogP contribution in [-0.2, 0) is 6.61 Å². The van der Waals surface area contributed by atoms with E-state index in [4.69, 9.17) is 5.11 Å². The Morgan fingerprint density at radius 3 is 2.47 bits per heavy atom. The lowest BCUT2D eigenvalue weighted by Gasteiger charge is -2.20. The van der Waals surface area contributed by atoms with Crippen molar-refractivity contribution in [3.63, 3.8) is 0 Å². The van der Waals surface area contributed by atoms with Crippen LogP contribution in [0, 0.1) is 11.8 Å². The molecule has 0 aliphatic heterocycles. The van der Waals surface area contributed by atoms with Gasteiger partial charge < -0.3 is 10.4 Å². The second-order valence-corrected chi connectivity index (χ2v) is 6.21. The molecule has 2 atom stereocenters. The molecule has 2 nitrogen and oxygen atoms in total. The highest BCUT2D eigenvalue weighted by molar-refractivity contribution is 5.45. The highest BCUT2D eigenvalue weighted by atomic mass is 16.3. The van der Waals surface area contributed by atoms with Crippen molar-refractivity contribution in [3.05, 3.63) is 29.8 Å². The van der Waals surface area contributed by atoms with Crippen molar-refractivity contribution in [2.24, 2.45) is 11.8 Å². The van der Waals surface area contributed by atoms with E-state index in [1.807, 2.05) is 12.1 Å². The Balaban J connectivity index is 1.88. The first kappa shape index (κ1) is 14.4. The number of aliphatic hydroxyl groups is 1. The maximum atomic E-state index is 9.05. The van der Waals surface area contributed by atoms with Gasteiger partial charge in [-0.3, -0.25) is 0 Å². The number of benzene rings is 1. The smallest absolute Gasteiger partial charge is 0.0681 e. The fraction of sp³-hybridized carbons (Fsp3) is 0.647. The van der Waals surface area contributed by atoms with Crippen LogP contribution in [0.5, 0.6) is 0 Å².